The van der Waals surface area contributed by atoms with Crippen molar-refractivity contribution in [2.75, 3.05) is 37.2 Å². The molecule has 0 fully saturated rings. The fourth-order valence-corrected chi connectivity index (χ4v) is 4.56. The maximum atomic E-state index is 12.6. The van der Waals surface area contributed by atoms with Crippen molar-refractivity contribution in [3.63, 3.8) is 0 Å². The van der Waals surface area contributed by atoms with Crippen molar-refractivity contribution in [3.05, 3.63) is 64.1 Å². The number of benzene rings is 2. The summed E-state index contributed by atoms with van der Waals surface area (Å²) in [6, 6.07) is 14.0. The second-order valence-corrected chi connectivity index (χ2v) is 10.3. The molecule has 1 N–H and O–H groups in total. The van der Waals surface area contributed by atoms with E-state index in [4.69, 9.17) is 23.2 Å². The number of halogens is 2. The first-order chi connectivity index (χ1) is 13.7. The fourth-order valence-electron chi connectivity index (χ4n) is 2.37. The van der Waals surface area contributed by atoms with Gasteiger partial charge in [-0.2, -0.15) is 24.5 Å². The smallest absolute Gasteiger partial charge is 0.304 e. The lowest BCUT2D eigenvalue weighted by Gasteiger charge is -2.26. The standard InChI is InChI=1S/C19H23Cl2N3O3S2/c1-23(2)29(26,27)24(16-6-4-3-5-7-16)13-19(25)22-10-11-28-14-15-8-9-17(20)18(21)12-15/h3-9,12H,10-11,13-14H2,1-2H3,(H,22,25). The molecule has 10 heteroatoms. The first-order valence-electron chi connectivity index (χ1n) is 8.75. The van der Waals surface area contributed by atoms with Crippen LogP contribution in [-0.4, -0.2) is 51.6 Å². The normalized spacial score (nSPS) is 11.5. The monoisotopic (exact) mass is 475 g/mol. The number of nitrogens with zero attached hydrogens (tertiary/aromatic N) is 2. The molecule has 0 atom stereocenters. The van der Waals surface area contributed by atoms with E-state index in [0.717, 1.165) is 19.9 Å². The minimum atomic E-state index is -3.79. The average Bonchev–Trinajstić information content (AvgIpc) is 2.69. The molecule has 2 aromatic rings. The van der Waals surface area contributed by atoms with Crippen molar-refractivity contribution < 1.29 is 13.2 Å². The summed E-state index contributed by atoms with van der Waals surface area (Å²) in [4.78, 5) is 12.3. The van der Waals surface area contributed by atoms with Crippen LogP contribution in [0.15, 0.2) is 48.5 Å². The van der Waals surface area contributed by atoms with E-state index in [-0.39, 0.29) is 12.5 Å². The quantitative estimate of drug-likeness (QED) is 0.532. The van der Waals surface area contributed by atoms with Gasteiger partial charge in [0.05, 0.1) is 15.7 Å². The number of anilines is 1. The first kappa shape index (κ1) is 23.8. The van der Waals surface area contributed by atoms with Crippen LogP contribution in [0.1, 0.15) is 5.56 Å². The average molecular weight is 476 g/mol. The molecule has 2 aromatic carbocycles. The Labute approximate surface area is 186 Å². The zero-order valence-electron chi connectivity index (χ0n) is 16.1. The molecular formula is C19H23Cl2N3O3S2. The van der Waals surface area contributed by atoms with Gasteiger partial charge in [0.25, 0.3) is 0 Å². The van der Waals surface area contributed by atoms with E-state index in [1.807, 2.05) is 12.1 Å². The Hall–Kier alpha value is -1.45. The van der Waals surface area contributed by atoms with Crippen LogP contribution < -0.4 is 9.62 Å². The molecule has 0 aliphatic rings. The molecule has 0 saturated heterocycles. The van der Waals surface area contributed by atoms with Gasteiger partial charge in [-0.3, -0.25) is 4.79 Å². The van der Waals surface area contributed by atoms with Gasteiger partial charge in [0.15, 0.2) is 0 Å². The second kappa shape index (κ2) is 11.1. The Balaban J connectivity index is 1.86. The number of nitrogens with one attached hydrogen (secondary N) is 1. The maximum Gasteiger partial charge on any atom is 0.304 e. The van der Waals surface area contributed by atoms with Gasteiger partial charge in [-0.25, -0.2) is 4.31 Å². The Bertz CT molecular complexity index is 926. The zero-order valence-corrected chi connectivity index (χ0v) is 19.3. The van der Waals surface area contributed by atoms with Crippen molar-refractivity contribution >= 4 is 56.8 Å². The van der Waals surface area contributed by atoms with Crippen molar-refractivity contribution in [2.45, 2.75) is 5.75 Å². The molecule has 1 amide bonds. The fraction of sp³-hybridized carbons (Fsp3) is 0.316. The summed E-state index contributed by atoms with van der Waals surface area (Å²) in [7, 11) is -0.922. The zero-order chi connectivity index (χ0) is 21.4. The van der Waals surface area contributed by atoms with Crippen LogP contribution in [0.2, 0.25) is 10.0 Å². The Kier molecular flexibility index (Phi) is 9.10. The highest BCUT2D eigenvalue weighted by Crippen LogP contribution is 2.24. The van der Waals surface area contributed by atoms with Crippen LogP contribution >= 0.6 is 35.0 Å². The third kappa shape index (κ3) is 7.08. The van der Waals surface area contributed by atoms with E-state index in [9.17, 15) is 13.2 Å². The number of thioether (sulfide) groups is 1. The molecule has 158 valence electrons. The van der Waals surface area contributed by atoms with E-state index >= 15 is 0 Å². The molecule has 0 unspecified atom stereocenters. The summed E-state index contributed by atoms with van der Waals surface area (Å²) in [6.45, 7) is 0.136. The van der Waals surface area contributed by atoms with Gasteiger partial charge < -0.3 is 5.32 Å². The summed E-state index contributed by atoms with van der Waals surface area (Å²) in [5, 5.41) is 3.80. The molecule has 6 nitrogen and oxygen atoms in total. The molecule has 0 heterocycles. The molecule has 29 heavy (non-hydrogen) atoms. The number of para-hydroxylation sites is 1. The number of amides is 1. The molecular weight excluding hydrogens is 453 g/mol. The van der Waals surface area contributed by atoms with Crippen LogP contribution in [0.5, 0.6) is 0 Å². The number of rotatable bonds is 10. The highest BCUT2D eigenvalue weighted by atomic mass is 35.5. The molecule has 0 radical (unpaired) electrons. The third-order valence-corrected chi connectivity index (χ3v) is 7.48. The van der Waals surface area contributed by atoms with Gasteiger partial charge in [-0.05, 0) is 29.8 Å². The first-order valence-corrected chi connectivity index (χ1v) is 12.1. The van der Waals surface area contributed by atoms with Gasteiger partial charge in [0, 0.05) is 32.1 Å². The lowest BCUT2D eigenvalue weighted by atomic mass is 10.2. The third-order valence-electron chi connectivity index (χ3n) is 3.89. The van der Waals surface area contributed by atoms with Gasteiger partial charge in [0.1, 0.15) is 6.54 Å². The number of hydrogen-bond donors (Lipinski definition) is 1. The summed E-state index contributed by atoms with van der Waals surface area (Å²) >= 11 is 13.5. The molecule has 0 aromatic heterocycles. The highest BCUT2D eigenvalue weighted by molar-refractivity contribution is 7.98. The molecule has 0 saturated carbocycles. The Morgan fingerprint density at radius 1 is 1.07 bits per heavy atom. The molecule has 0 aliphatic heterocycles. The van der Waals surface area contributed by atoms with Crippen LogP contribution in [0.3, 0.4) is 0 Å². The predicted octanol–water partition coefficient (Wildman–Crippen LogP) is 3.66. The van der Waals surface area contributed by atoms with Crippen LogP contribution in [0.4, 0.5) is 5.69 Å². The van der Waals surface area contributed by atoms with Gasteiger partial charge >= 0.3 is 10.2 Å². The topological polar surface area (TPSA) is 69.7 Å². The van der Waals surface area contributed by atoms with Crippen LogP contribution in [-0.2, 0) is 20.8 Å². The maximum absolute atomic E-state index is 12.6. The summed E-state index contributed by atoms with van der Waals surface area (Å²) < 4.78 is 27.4. The van der Waals surface area contributed by atoms with Crippen molar-refractivity contribution in [3.8, 4) is 0 Å². The Morgan fingerprint density at radius 2 is 1.76 bits per heavy atom. The minimum absolute atomic E-state index is 0.290. The summed E-state index contributed by atoms with van der Waals surface area (Å²) in [5.74, 6) is 1.05. The van der Waals surface area contributed by atoms with E-state index in [2.05, 4.69) is 5.32 Å². The summed E-state index contributed by atoms with van der Waals surface area (Å²) in [6.07, 6.45) is 0. The van der Waals surface area contributed by atoms with Crippen molar-refractivity contribution in [1.29, 1.82) is 0 Å². The Morgan fingerprint density at radius 3 is 2.38 bits per heavy atom. The van der Waals surface area contributed by atoms with Gasteiger partial charge in [-0.1, -0.05) is 47.5 Å². The largest absolute Gasteiger partial charge is 0.354 e. The van der Waals surface area contributed by atoms with E-state index < -0.39 is 10.2 Å². The molecule has 0 aliphatic carbocycles. The highest BCUT2D eigenvalue weighted by Gasteiger charge is 2.26. The predicted molar refractivity (Wildman–Crippen MR) is 122 cm³/mol. The van der Waals surface area contributed by atoms with Crippen LogP contribution in [0.25, 0.3) is 0 Å². The number of carbonyl (C=O) groups excluding carboxylic acids is 1. The second-order valence-electron chi connectivity index (χ2n) is 6.28. The van der Waals surface area contributed by atoms with E-state index in [1.165, 1.54) is 14.1 Å². The van der Waals surface area contributed by atoms with Gasteiger partial charge in [0.2, 0.25) is 5.91 Å². The lowest BCUT2D eigenvalue weighted by Crippen LogP contribution is -2.46. The van der Waals surface area contributed by atoms with Crippen molar-refractivity contribution in [2.24, 2.45) is 0 Å². The molecule has 0 spiro atoms. The number of carbonyl (C=O) groups is 1. The lowest BCUT2D eigenvalue weighted by molar-refractivity contribution is -0.119. The van der Waals surface area contributed by atoms with Crippen LogP contribution in [0, 0.1) is 0 Å². The van der Waals surface area contributed by atoms with E-state index in [0.29, 0.717) is 28.0 Å². The molecule has 2 rings (SSSR count). The molecule has 0 bridgehead atoms. The SMILES string of the molecule is CN(C)S(=O)(=O)N(CC(=O)NCCSCc1ccc(Cl)c(Cl)c1)c1ccccc1. The summed E-state index contributed by atoms with van der Waals surface area (Å²) in [5.41, 5.74) is 1.48. The van der Waals surface area contributed by atoms with Gasteiger partial charge in [-0.15, -0.1) is 0 Å². The van der Waals surface area contributed by atoms with E-state index in [1.54, 1.807) is 48.2 Å². The minimum Gasteiger partial charge on any atom is -0.354 e. The number of hydrogen-bond acceptors (Lipinski definition) is 4. The van der Waals surface area contributed by atoms with Crippen molar-refractivity contribution in [1.82, 2.24) is 9.62 Å².